The van der Waals surface area contributed by atoms with Gasteiger partial charge in [-0.1, -0.05) is 0 Å². The highest BCUT2D eigenvalue weighted by Gasteiger charge is 2.27. The van der Waals surface area contributed by atoms with E-state index in [9.17, 15) is 8.42 Å². The monoisotopic (exact) mass is 285 g/mol. The molecule has 1 aromatic heterocycles. The highest BCUT2D eigenvalue weighted by atomic mass is 32.2. The van der Waals surface area contributed by atoms with E-state index in [0.717, 1.165) is 31.0 Å². The van der Waals surface area contributed by atoms with Crippen LogP contribution in [-0.4, -0.2) is 37.2 Å². The van der Waals surface area contributed by atoms with Crippen molar-refractivity contribution >= 4 is 21.7 Å². The molecule has 1 aliphatic rings. The molecular formula is C11H19N5O2S. The molecule has 0 atom stereocenters. The second-order valence-corrected chi connectivity index (χ2v) is 6.33. The molecule has 1 saturated carbocycles. The molecule has 0 radical (unpaired) electrons. The van der Waals surface area contributed by atoms with Crippen LogP contribution in [0.5, 0.6) is 0 Å². The normalized spacial score (nSPS) is 15.3. The van der Waals surface area contributed by atoms with Gasteiger partial charge in [0, 0.05) is 25.1 Å². The van der Waals surface area contributed by atoms with Gasteiger partial charge in [-0.3, -0.25) is 0 Å². The summed E-state index contributed by atoms with van der Waals surface area (Å²) < 4.78 is 21.7. The number of hydrogen-bond acceptors (Lipinski definition) is 6. The number of anilines is 2. The van der Waals surface area contributed by atoms with Crippen molar-refractivity contribution in [3.8, 4) is 0 Å². The molecule has 7 nitrogen and oxygen atoms in total. The van der Waals surface area contributed by atoms with E-state index in [4.69, 9.17) is 5.14 Å². The third-order valence-electron chi connectivity index (χ3n) is 2.74. The fraction of sp³-hybridized carbons (Fsp3) is 0.636. The van der Waals surface area contributed by atoms with Crippen molar-refractivity contribution in [1.82, 2.24) is 9.97 Å². The molecule has 1 fully saturated rings. The van der Waals surface area contributed by atoms with Crippen LogP contribution in [0.15, 0.2) is 6.07 Å². The third kappa shape index (κ3) is 4.64. The predicted molar refractivity (Wildman–Crippen MR) is 74.6 cm³/mol. The number of rotatable bonds is 7. The fourth-order valence-corrected chi connectivity index (χ4v) is 2.06. The topological polar surface area (TPSA) is 110 Å². The third-order valence-corrected chi connectivity index (χ3v) is 3.51. The zero-order chi connectivity index (χ0) is 13.9. The van der Waals surface area contributed by atoms with Gasteiger partial charge in [-0.15, -0.1) is 0 Å². The summed E-state index contributed by atoms with van der Waals surface area (Å²) >= 11 is 0. The molecular weight excluding hydrogens is 266 g/mol. The van der Waals surface area contributed by atoms with Gasteiger partial charge in [0.2, 0.25) is 10.0 Å². The van der Waals surface area contributed by atoms with Gasteiger partial charge >= 0.3 is 0 Å². The molecule has 0 unspecified atom stereocenters. The Kier molecular flexibility index (Phi) is 4.20. The van der Waals surface area contributed by atoms with E-state index >= 15 is 0 Å². The first-order valence-electron chi connectivity index (χ1n) is 6.35. The van der Waals surface area contributed by atoms with Crippen molar-refractivity contribution in [2.45, 2.75) is 25.7 Å². The van der Waals surface area contributed by atoms with Gasteiger partial charge in [-0.25, -0.2) is 23.5 Å². The maximum absolute atomic E-state index is 10.9. The molecule has 1 aromatic rings. The van der Waals surface area contributed by atoms with Crippen molar-refractivity contribution in [2.75, 3.05) is 29.5 Å². The number of aromatic nitrogens is 2. The highest BCUT2D eigenvalue weighted by molar-refractivity contribution is 7.89. The highest BCUT2D eigenvalue weighted by Crippen LogP contribution is 2.38. The Morgan fingerprint density at radius 1 is 1.32 bits per heavy atom. The van der Waals surface area contributed by atoms with Gasteiger partial charge in [0.15, 0.2) is 0 Å². The molecule has 1 heterocycles. The Labute approximate surface area is 113 Å². The van der Waals surface area contributed by atoms with Crippen LogP contribution < -0.4 is 15.8 Å². The van der Waals surface area contributed by atoms with Crippen LogP contribution in [0.1, 0.15) is 31.5 Å². The second-order valence-electron chi connectivity index (χ2n) is 4.59. The number of sulfonamides is 1. The molecule has 4 N–H and O–H groups in total. The lowest BCUT2D eigenvalue weighted by atomic mass is 10.3. The molecule has 0 bridgehead atoms. The van der Waals surface area contributed by atoms with Crippen LogP contribution >= 0.6 is 0 Å². The minimum Gasteiger partial charge on any atom is -0.370 e. The Bertz CT molecular complexity index is 542. The van der Waals surface area contributed by atoms with Crippen LogP contribution in [0, 0.1) is 0 Å². The summed E-state index contributed by atoms with van der Waals surface area (Å²) in [7, 11) is -3.45. The average molecular weight is 285 g/mol. The first-order chi connectivity index (χ1) is 8.98. The van der Waals surface area contributed by atoms with Crippen molar-refractivity contribution in [3.63, 3.8) is 0 Å². The van der Waals surface area contributed by atoms with E-state index < -0.39 is 10.0 Å². The van der Waals surface area contributed by atoms with Crippen molar-refractivity contribution in [2.24, 2.45) is 5.14 Å². The van der Waals surface area contributed by atoms with Crippen molar-refractivity contribution in [3.05, 3.63) is 11.9 Å². The maximum atomic E-state index is 10.9. The summed E-state index contributed by atoms with van der Waals surface area (Å²) in [5.41, 5.74) is 0. The first kappa shape index (κ1) is 14.0. The van der Waals surface area contributed by atoms with E-state index in [1.165, 1.54) is 0 Å². The summed E-state index contributed by atoms with van der Waals surface area (Å²) in [6.45, 7) is 3.01. The molecule has 8 heteroatoms. The molecule has 0 saturated heterocycles. The molecule has 106 valence electrons. The predicted octanol–water partition coefficient (Wildman–Crippen LogP) is 0.486. The minimum atomic E-state index is -3.45. The van der Waals surface area contributed by atoms with E-state index in [1.54, 1.807) is 6.07 Å². The fourth-order valence-electron chi connectivity index (χ4n) is 1.67. The summed E-state index contributed by atoms with van der Waals surface area (Å²) in [4.78, 5) is 8.84. The van der Waals surface area contributed by atoms with Crippen LogP contribution in [0.4, 0.5) is 11.6 Å². The minimum absolute atomic E-state index is 0.119. The van der Waals surface area contributed by atoms with Crippen molar-refractivity contribution < 1.29 is 8.42 Å². The number of primary sulfonamides is 1. The molecule has 0 aromatic carbocycles. The van der Waals surface area contributed by atoms with E-state index in [-0.39, 0.29) is 12.3 Å². The average Bonchev–Trinajstić information content (AvgIpc) is 3.11. The van der Waals surface area contributed by atoms with Crippen LogP contribution in [-0.2, 0) is 10.0 Å². The van der Waals surface area contributed by atoms with Gasteiger partial charge in [-0.2, -0.15) is 0 Å². The van der Waals surface area contributed by atoms with E-state index in [0.29, 0.717) is 11.7 Å². The Morgan fingerprint density at radius 2 is 1.95 bits per heavy atom. The molecule has 2 rings (SSSR count). The lowest BCUT2D eigenvalue weighted by molar-refractivity contribution is 0.598. The Balaban J connectivity index is 2.05. The summed E-state index contributed by atoms with van der Waals surface area (Å²) in [5.74, 6) is 2.54. The zero-order valence-corrected chi connectivity index (χ0v) is 11.7. The first-order valence-corrected chi connectivity index (χ1v) is 8.06. The Hall–Kier alpha value is -1.41. The molecule has 0 spiro atoms. The van der Waals surface area contributed by atoms with Gasteiger partial charge < -0.3 is 10.6 Å². The lowest BCUT2D eigenvalue weighted by Gasteiger charge is -2.10. The second kappa shape index (κ2) is 5.70. The van der Waals surface area contributed by atoms with E-state index in [2.05, 4.69) is 20.6 Å². The number of nitrogens with two attached hydrogens (primary N) is 1. The number of hydrogen-bond donors (Lipinski definition) is 3. The van der Waals surface area contributed by atoms with E-state index in [1.807, 2.05) is 6.92 Å². The van der Waals surface area contributed by atoms with Crippen LogP contribution in [0.2, 0.25) is 0 Å². The van der Waals surface area contributed by atoms with Crippen LogP contribution in [0.3, 0.4) is 0 Å². The summed E-state index contributed by atoms with van der Waals surface area (Å²) in [6, 6.07) is 1.78. The van der Waals surface area contributed by atoms with Gasteiger partial charge in [0.05, 0.1) is 5.75 Å². The number of nitrogens with one attached hydrogen (secondary N) is 2. The molecule has 1 aliphatic carbocycles. The summed E-state index contributed by atoms with van der Waals surface area (Å²) in [5, 5.41) is 11.1. The standard InChI is InChI=1S/C11H19N5O2S/c1-2-13-9-7-10(14-5-6-19(12,17)18)16-11(15-9)8-3-4-8/h7-8H,2-6H2,1H3,(H2,12,17,18)(H2,13,14,15,16). The smallest absolute Gasteiger partial charge is 0.210 e. The quantitative estimate of drug-likeness (QED) is 0.672. The van der Waals surface area contributed by atoms with Gasteiger partial charge in [0.1, 0.15) is 17.5 Å². The van der Waals surface area contributed by atoms with Gasteiger partial charge in [0.25, 0.3) is 0 Å². The lowest BCUT2D eigenvalue weighted by Crippen LogP contribution is -2.22. The largest absolute Gasteiger partial charge is 0.370 e. The molecule has 19 heavy (non-hydrogen) atoms. The Morgan fingerprint density at radius 3 is 2.47 bits per heavy atom. The SMILES string of the molecule is CCNc1cc(NCCS(N)(=O)=O)nc(C2CC2)n1. The van der Waals surface area contributed by atoms with Crippen LogP contribution in [0.25, 0.3) is 0 Å². The van der Waals surface area contributed by atoms with Gasteiger partial charge in [-0.05, 0) is 19.8 Å². The van der Waals surface area contributed by atoms with Crippen molar-refractivity contribution in [1.29, 1.82) is 0 Å². The summed E-state index contributed by atoms with van der Waals surface area (Å²) in [6.07, 6.45) is 2.23. The maximum Gasteiger partial charge on any atom is 0.210 e. The molecule has 0 amide bonds. The molecule has 0 aliphatic heterocycles. The zero-order valence-electron chi connectivity index (χ0n) is 10.9. The number of nitrogens with zero attached hydrogens (tertiary/aromatic N) is 2.